The molecule has 3 amide bonds. The van der Waals surface area contributed by atoms with Crippen molar-refractivity contribution in [3.05, 3.63) is 59.7 Å². The smallest absolute Gasteiger partial charge is 0.408 e. The first kappa shape index (κ1) is 30.0. The van der Waals surface area contributed by atoms with Crippen LogP contribution in [0.15, 0.2) is 48.5 Å². The van der Waals surface area contributed by atoms with E-state index in [9.17, 15) is 14.4 Å². The Labute approximate surface area is 232 Å². The van der Waals surface area contributed by atoms with Gasteiger partial charge in [0.15, 0.2) is 0 Å². The Bertz CT molecular complexity index is 1120. The summed E-state index contributed by atoms with van der Waals surface area (Å²) in [6.07, 6.45) is 2.34. The minimum absolute atomic E-state index is 0.111. The summed E-state index contributed by atoms with van der Waals surface area (Å²) < 4.78 is 10.7. The van der Waals surface area contributed by atoms with Gasteiger partial charge in [0.05, 0.1) is 7.11 Å². The van der Waals surface area contributed by atoms with Gasteiger partial charge in [0.25, 0.3) is 5.91 Å². The highest BCUT2D eigenvalue weighted by molar-refractivity contribution is 5.99. The van der Waals surface area contributed by atoms with Crippen molar-refractivity contribution in [1.29, 1.82) is 0 Å². The molecule has 212 valence electrons. The zero-order valence-electron chi connectivity index (χ0n) is 24.2. The van der Waals surface area contributed by atoms with Crippen LogP contribution >= 0.6 is 0 Å². The molecular formula is C31H43N3O5. The van der Waals surface area contributed by atoms with Crippen molar-refractivity contribution in [3.63, 3.8) is 0 Å². The normalized spacial score (nSPS) is 15.1. The van der Waals surface area contributed by atoms with Gasteiger partial charge in [0, 0.05) is 11.7 Å². The average Bonchev–Trinajstić information content (AvgIpc) is 2.81. The number of aryl methyl sites for hydroxylation is 1. The van der Waals surface area contributed by atoms with E-state index in [4.69, 9.17) is 9.47 Å². The van der Waals surface area contributed by atoms with Gasteiger partial charge in [-0.2, -0.15) is 0 Å². The summed E-state index contributed by atoms with van der Waals surface area (Å²) in [6, 6.07) is 12.9. The van der Waals surface area contributed by atoms with Crippen LogP contribution in [0.3, 0.4) is 0 Å². The number of anilines is 1. The lowest BCUT2D eigenvalue weighted by Crippen LogP contribution is -2.57. The van der Waals surface area contributed by atoms with Crippen molar-refractivity contribution in [3.8, 4) is 5.75 Å². The summed E-state index contributed by atoms with van der Waals surface area (Å²) in [6.45, 7) is 11.3. The molecule has 3 rings (SSSR count). The van der Waals surface area contributed by atoms with Gasteiger partial charge in [-0.25, -0.2) is 4.79 Å². The number of amides is 3. The Balaban J connectivity index is 1.99. The lowest BCUT2D eigenvalue weighted by molar-refractivity contribution is -0.146. The molecular weight excluding hydrogens is 494 g/mol. The molecule has 0 aliphatic heterocycles. The van der Waals surface area contributed by atoms with Crippen LogP contribution in [0.5, 0.6) is 5.75 Å². The Hall–Kier alpha value is -3.55. The molecule has 39 heavy (non-hydrogen) atoms. The van der Waals surface area contributed by atoms with Crippen molar-refractivity contribution in [2.75, 3.05) is 12.4 Å². The van der Waals surface area contributed by atoms with Gasteiger partial charge in [-0.1, -0.05) is 43.7 Å². The summed E-state index contributed by atoms with van der Waals surface area (Å²) in [7, 11) is 1.59. The summed E-state index contributed by atoms with van der Waals surface area (Å²) in [5, 5.41) is 5.80. The number of nitrogens with one attached hydrogen (secondary N) is 2. The predicted molar refractivity (Wildman–Crippen MR) is 153 cm³/mol. The first-order valence-electron chi connectivity index (χ1n) is 13.7. The molecule has 0 saturated heterocycles. The van der Waals surface area contributed by atoms with Crippen LogP contribution in [0.4, 0.5) is 10.5 Å². The van der Waals surface area contributed by atoms with Gasteiger partial charge < -0.3 is 25.0 Å². The molecule has 1 fully saturated rings. The summed E-state index contributed by atoms with van der Waals surface area (Å²) >= 11 is 0. The quantitative estimate of drug-likeness (QED) is 0.387. The van der Waals surface area contributed by atoms with Gasteiger partial charge >= 0.3 is 6.09 Å². The van der Waals surface area contributed by atoms with Gasteiger partial charge in [-0.3, -0.25) is 9.59 Å². The molecule has 2 N–H and O–H groups in total. The van der Waals surface area contributed by atoms with E-state index in [1.807, 2.05) is 45.0 Å². The molecule has 0 radical (unpaired) electrons. The zero-order chi connectivity index (χ0) is 28.7. The fraction of sp³-hybridized carbons (Fsp3) is 0.516. The fourth-order valence-electron chi connectivity index (χ4n) is 4.58. The van der Waals surface area contributed by atoms with E-state index in [0.29, 0.717) is 23.4 Å². The van der Waals surface area contributed by atoms with Crippen LogP contribution in [0, 0.1) is 12.8 Å². The molecule has 2 atom stereocenters. The van der Waals surface area contributed by atoms with Gasteiger partial charge in [0.2, 0.25) is 5.91 Å². The summed E-state index contributed by atoms with van der Waals surface area (Å²) in [4.78, 5) is 42.7. The lowest BCUT2D eigenvalue weighted by Gasteiger charge is -2.43. The molecule has 1 aliphatic carbocycles. The van der Waals surface area contributed by atoms with Crippen molar-refractivity contribution < 1.29 is 23.9 Å². The van der Waals surface area contributed by atoms with Crippen molar-refractivity contribution in [2.24, 2.45) is 5.92 Å². The maximum absolute atomic E-state index is 14.3. The Morgan fingerprint density at radius 3 is 2.10 bits per heavy atom. The van der Waals surface area contributed by atoms with Crippen LogP contribution in [0.25, 0.3) is 0 Å². The Morgan fingerprint density at radius 1 is 1.00 bits per heavy atom. The summed E-state index contributed by atoms with van der Waals surface area (Å²) in [5.41, 5.74) is 1.67. The monoisotopic (exact) mass is 537 g/mol. The molecule has 8 heteroatoms. The minimum Gasteiger partial charge on any atom is -0.497 e. The zero-order valence-corrected chi connectivity index (χ0v) is 24.2. The number of benzene rings is 2. The first-order valence-corrected chi connectivity index (χ1v) is 13.7. The number of hydrogen-bond donors (Lipinski definition) is 2. The molecule has 0 aromatic heterocycles. The molecule has 0 bridgehead atoms. The highest BCUT2D eigenvalue weighted by Gasteiger charge is 2.42. The number of carbonyl (C=O) groups excluding carboxylic acids is 3. The molecule has 1 saturated carbocycles. The number of methoxy groups -OCH3 is 1. The van der Waals surface area contributed by atoms with E-state index in [2.05, 4.69) is 10.6 Å². The maximum Gasteiger partial charge on any atom is 0.408 e. The van der Waals surface area contributed by atoms with Crippen molar-refractivity contribution >= 4 is 23.6 Å². The Morgan fingerprint density at radius 2 is 1.62 bits per heavy atom. The minimum atomic E-state index is -0.874. The number of ether oxygens (including phenoxy) is 2. The number of rotatable bonds is 10. The van der Waals surface area contributed by atoms with Crippen molar-refractivity contribution in [2.45, 2.75) is 91.0 Å². The third-order valence-corrected chi connectivity index (χ3v) is 6.70. The highest BCUT2D eigenvalue weighted by Crippen LogP contribution is 2.35. The van der Waals surface area contributed by atoms with Gasteiger partial charge in [0.1, 0.15) is 23.4 Å². The van der Waals surface area contributed by atoms with Crippen LogP contribution < -0.4 is 15.4 Å². The second-order valence-electron chi connectivity index (χ2n) is 11.7. The largest absolute Gasteiger partial charge is 0.497 e. The number of alkyl carbamates (subject to hydrolysis) is 1. The van der Waals surface area contributed by atoms with Crippen LogP contribution in [0.1, 0.15) is 77.5 Å². The molecule has 0 spiro atoms. The van der Waals surface area contributed by atoms with E-state index in [0.717, 1.165) is 24.8 Å². The molecule has 8 nitrogen and oxygen atoms in total. The van der Waals surface area contributed by atoms with E-state index in [1.165, 1.54) is 0 Å². The summed E-state index contributed by atoms with van der Waals surface area (Å²) in [5.74, 6) is 0.210. The number of nitrogens with zero attached hydrogens (tertiary/aromatic N) is 1. The molecule has 0 heterocycles. The average molecular weight is 538 g/mol. The number of hydrogen-bond acceptors (Lipinski definition) is 5. The van der Waals surface area contributed by atoms with E-state index in [1.54, 1.807) is 57.0 Å². The topological polar surface area (TPSA) is 97.0 Å². The van der Waals surface area contributed by atoms with Crippen LogP contribution in [-0.2, 0) is 14.3 Å². The standard InChI is InChI=1S/C31H43N3O5/c1-20(2)19-26(33-30(37)39-31(4,5)6)29(36)34(24-9-8-10-24)27(22-13-11-21(3)12-14-22)28(35)32-23-15-17-25(38-7)18-16-23/h11-18,20,24,26-27H,8-10,19H2,1-7H3,(H,32,35)(H,33,37). The first-order chi connectivity index (χ1) is 18.4. The second kappa shape index (κ2) is 13.0. The molecule has 2 unspecified atom stereocenters. The Kier molecular flexibility index (Phi) is 10.0. The van der Waals surface area contributed by atoms with Gasteiger partial charge in [-0.05, 0) is 89.1 Å². The van der Waals surface area contributed by atoms with Crippen LogP contribution in [-0.4, -0.2) is 47.6 Å². The second-order valence-corrected chi connectivity index (χ2v) is 11.7. The van der Waals surface area contributed by atoms with Crippen LogP contribution in [0.2, 0.25) is 0 Å². The number of carbonyl (C=O) groups is 3. The highest BCUT2D eigenvalue weighted by atomic mass is 16.6. The molecule has 2 aromatic carbocycles. The predicted octanol–water partition coefficient (Wildman–Crippen LogP) is 6.00. The van der Waals surface area contributed by atoms with E-state index < -0.39 is 23.8 Å². The van der Waals surface area contributed by atoms with E-state index >= 15 is 0 Å². The third kappa shape index (κ3) is 8.47. The fourth-order valence-corrected chi connectivity index (χ4v) is 4.58. The lowest BCUT2D eigenvalue weighted by atomic mass is 9.87. The maximum atomic E-state index is 14.3. The SMILES string of the molecule is COc1ccc(NC(=O)C(c2ccc(C)cc2)N(C(=O)C(CC(C)C)NC(=O)OC(C)(C)C)C2CCC2)cc1. The molecule has 1 aliphatic rings. The van der Waals surface area contributed by atoms with E-state index in [-0.39, 0.29) is 23.8 Å². The van der Waals surface area contributed by atoms with Gasteiger partial charge in [-0.15, -0.1) is 0 Å². The van der Waals surface area contributed by atoms with Crippen molar-refractivity contribution in [1.82, 2.24) is 10.2 Å². The third-order valence-electron chi connectivity index (χ3n) is 6.70. The molecule has 2 aromatic rings.